The van der Waals surface area contributed by atoms with Crippen molar-refractivity contribution in [2.24, 2.45) is 0 Å². The van der Waals surface area contributed by atoms with E-state index >= 15 is 0 Å². The fourth-order valence-electron chi connectivity index (χ4n) is 3.63. The number of hydrogen-bond acceptors (Lipinski definition) is 1. The summed E-state index contributed by atoms with van der Waals surface area (Å²) < 4.78 is 41.2. The van der Waals surface area contributed by atoms with Crippen LogP contribution in [-0.2, 0) is 0 Å². The Hall–Kier alpha value is -1.49. The highest BCUT2D eigenvalue weighted by Crippen LogP contribution is 2.45. The first kappa shape index (κ1) is 18.3. The molecule has 0 aliphatic carbocycles. The maximum absolute atomic E-state index is 13.5. The lowest BCUT2D eigenvalue weighted by Gasteiger charge is -2.17. The van der Waals surface area contributed by atoms with Crippen molar-refractivity contribution in [3.8, 4) is 11.3 Å². The van der Waals surface area contributed by atoms with Crippen molar-refractivity contribution in [2.75, 3.05) is 6.67 Å². The van der Waals surface area contributed by atoms with Crippen LogP contribution in [-0.4, -0.2) is 22.1 Å². The summed E-state index contributed by atoms with van der Waals surface area (Å²) in [6, 6.07) is 5.98. The Bertz CT molecular complexity index is 714. The van der Waals surface area contributed by atoms with Crippen LogP contribution < -0.4 is 0 Å². The van der Waals surface area contributed by atoms with Crippen LogP contribution in [0.15, 0.2) is 30.7 Å². The van der Waals surface area contributed by atoms with Crippen molar-refractivity contribution in [1.82, 2.24) is 9.55 Å². The van der Waals surface area contributed by atoms with Crippen LogP contribution in [0.2, 0.25) is 5.02 Å². The van der Waals surface area contributed by atoms with Gasteiger partial charge in [0, 0.05) is 29.0 Å². The zero-order valence-electron chi connectivity index (χ0n) is 14.0. The molecule has 2 aromatic rings. The maximum Gasteiger partial charge on any atom is 0.248 e. The van der Waals surface area contributed by atoms with E-state index in [1.807, 2.05) is 24.4 Å². The number of aromatic nitrogens is 2. The highest BCUT2D eigenvalue weighted by atomic mass is 35.5. The molecule has 1 atom stereocenters. The summed E-state index contributed by atoms with van der Waals surface area (Å²) in [5, 5.41) is 0.740. The van der Waals surface area contributed by atoms with E-state index in [1.54, 1.807) is 6.33 Å². The van der Waals surface area contributed by atoms with E-state index in [0.29, 0.717) is 6.42 Å². The van der Waals surface area contributed by atoms with Gasteiger partial charge in [-0.3, -0.25) is 4.39 Å². The van der Waals surface area contributed by atoms with Crippen LogP contribution in [0.1, 0.15) is 56.6 Å². The van der Waals surface area contributed by atoms with Gasteiger partial charge in [-0.1, -0.05) is 36.6 Å². The molecule has 136 valence electrons. The molecule has 1 aromatic carbocycles. The minimum atomic E-state index is -2.74. The second kappa shape index (κ2) is 7.81. The first-order valence-electron chi connectivity index (χ1n) is 8.78. The first-order valence-corrected chi connectivity index (χ1v) is 9.16. The van der Waals surface area contributed by atoms with E-state index in [2.05, 4.69) is 9.55 Å². The minimum Gasteiger partial charge on any atom is -0.323 e. The molecule has 0 amide bonds. The smallest absolute Gasteiger partial charge is 0.248 e. The molecule has 0 spiro atoms. The van der Waals surface area contributed by atoms with Gasteiger partial charge < -0.3 is 4.57 Å². The topological polar surface area (TPSA) is 17.8 Å². The molecule has 1 aliphatic heterocycles. The average Bonchev–Trinajstić information content (AvgIpc) is 3.15. The molecule has 1 unspecified atom stereocenters. The van der Waals surface area contributed by atoms with E-state index in [9.17, 15) is 13.2 Å². The largest absolute Gasteiger partial charge is 0.323 e. The Morgan fingerprint density at radius 3 is 2.72 bits per heavy atom. The Labute approximate surface area is 151 Å². The van der Waals surface area contributed by atoms with Crippen LogP contribution in [0.25, 0.3) is 11.3 Å². The number of halogens is 4. The van der Waals surface area contributed by atoms with E-state index in [1.165, 1.54) is 0 Å². The number of unbranched alkanes of at least 4 members (excludes halogenated alkanes) is 2. The van der Waals surface area contributed by atoms with Crippen molar-refractivity contribution in [2.45, 2.75) is 56.9 Å². The molecule has 2 heterocycles. The van der Waals surface area contributed by atoms with E-state index in [4.69, 9.17) is 11.6 Å². The molecular formula is C19H22ClF3N2. The summed E-state index contributed by atoms with van der Waals surface area (Å²) in [4.78, 5) is 4.22. The molecule has 1 aliphatic rings. The highest BCUT2D eigenvalue weighted by molar-refractivity contribution is 6.32. The van der Waals surface area contributed by atoms with Gasteiger partial charge in [0.05, 0.1) is 30.9 Å². The minimum absolute atomic E-state index is 0.0617. The molecule has 3 rings (SSSR count). The predicted octanol–water partition coefficient (Wildman–Crippen LogP) is 6.44. The van der Waals surface area contributed by atoms with E-state index in [0.717, 1.165) is 41.1 Å². The van der Waals surface area contributed by atoms with Gasteiger partial charge in [0.1, 0.15) is 0 Å². The molecule has 0 saturated carbocycles. The van der Waals surface area contributed by atoms with Crippen LogP contribution in [0, 0.1) is 0 Å². The number of imidazole rings is 1. The Kier molecular flexibility index (Phi) is 5.72. The number of alkyl halides is 3. The van der Waals surface area contributed by atoms with Crippen LogP contribution in [0.4, 0.5) is 13.2 Å². The lowest BCUT2D eigenvalue weighted by molar-refractivity contribution is -0.0214. The van der Waals surface area contributed by atoms with Crippen LogP contribution in [0.5, 0.6) is 0 Å². The summed E-state index contributed by atoms with van der Waals surface area (Å²) in [5.74, 6) is -2.74. The molecule has 25 heavy (non-hydrogen) atoms. The summed E-state index contributed by atoms with van der Waals surface area (Å²) in [6.07, 6.45) is 5.93. The van der Waals surface area contributed by atoms with Gasteiger partial charge in [0.2, 0.25) is 5.92 Å². The third-order valence-corrected chi connectivity index (χ3v) is 5.19. The molecule has 2 nitrogen and oxygen atoms in total. The van der Waals surface area contributed by atoms with Gasteiger partial charge in [0.25, 0.3) is 0 Å². The molecule has 1 aromatic heterocycles. The van der Waals surface area contributed by atoms with Gasteiger partial charge in [-0.15, -0.1) is 0 Å². The number of benzene rings is 1. The average molecular weight is 371 g/mol. The number of nitrogens with zero attached hydrogens (tertiary/aromatic N) is 2. The predicted molar refractivity (Wildman–Crippen MR) is 94.1 cm³/mol. The molecular weight excluding hydrogens is 349 g/mol. The molecule has 0 radical (unpaired) electrons. The Balaban J connectivity index is 1.55. The summed E-state index contributed by atoms with van der Waals surface area (Å²) in [7, 11) is 0. The van der Waals surface area contributed by atoms with Crippen molar-refractivity contribution in [3.63, 3.8) is 0 Å². The fraction of sp³-hybridized carbons (Fsp3) is 0.526. The summed E-state index contributed by atoms with van der Waals surface area (Å²) in [6.45, 7) is -0.676. The van der Waals surface area contributed by atoms with E-state index < -0.39 is 12.6 Å². The fourth-order valence-corrected chi connectivity index (χ4v) is 3.93. The lowest BCUT2D eigenvalue weighted by atomic mass is 9.97. The van der Waals surface area contributed by atoms with Crippen LogP contribution >= 0.6 is 11.6 Å². The van der Waals surface area contributed by atoms with Gasteiger partial charge >= 0.3 is 0 Å². The summed E-state index contributed by atoms with van der Waals surface area (Å²) in [5.41, 5.74) is 3.27. The monoisotopic (exact) mass is 370 g/mol. The quantitative estimate of drug-likeness (QED) is 0.464. The molecule has 0 bridgehead atoms. The molecule has 0 saturated heterocycles. The zero-order chi connectivity index (χ0) is 17.9. The van der Waals surface area contributed by atoms with E-state index in [-0.39, 0.29) is 25.3 Å². The van der Waals surface area contributed by atoms with Gasteiger partial charge in [-0.25, -0.2) is 13.8 Å². The van der Waals surface area contributed by atoms with Gasteiger partial charge in [-0.05, 0) is 25.3 Å². The maximum atomic E-state index is 13.5. The summed E-state index contributed by atoms with van der Waals surface area (Å²) >= 11 is 6.40. The molecule has 6 heteroatoms. The van der Waals surface area contributed by atoms with Crippen molar-refractivity contribution in [3.05, 3.63) is 41.3 Å². The number of rotatable bonds is 9. The van der Waals surface area contributed by atoms with Gasteiger partial charge in [-0.2, -0.15) is 0 Å². The van der Waals surface area contributed by atoms with Crippen LogP contribution in [0.3, 0.4) is 0 Å². The Morgan fingerprint density at radius 2 is 1.92 bits per heavy atom. The SMILES string of the molecule is FCCCC(F)(F)CCCCCC1c2c(Cl)cccc2-c2cncn21. The third kappa shape index (κ3) is 4.02. The van der Waals surface area contributed by atoms with Crippen molar-refractivity contribution in [1.29, 1.82) is 0 Å². The Morgan fingerprint density at radius 1 is 1.12 bits per heavy atom. The zero-order valence-corrected chi connectivity index (χ0v) is 14.8. The third-order valence-electron chi connectivity index (χ3n) is 4.86. The highest BCUT2D eigenvalue weighted by Gasteiger charge is 2.30. The standard InChI is InChI=1S/C19H22ClF3N2/c20-15-7-4-6-14-17-12-24-13-25(17)16(18(14)15)8-2-1-3-9-19(22,23)10-5-11-21/h4,6-7,12-13,16H,1-3,5,8-11H2. The second-order valence-electron chi connectivity index (χ2n) is 6.65. The van der Waals surface area contributed by atoms with Crippen molar-refractivity contribution >= 4 is 11.6 Å². The molecule has 0 N–H and O–H groups in total. The van der Waals surface area contributed by atoms with Gasteiger partial charge in [0.15, 0.2) is 0 Å². The number of hydrogen-bond donors (Lipinski definition) is 0. The normalized spacial score (nSPS) is 16.1. The second-order valence-corrected chi connectivity index (χ2v) is 7.06. The number of fused-ring (bicyclic) bond motifs is 3. The lowest BCUT2D eigenvalue weighted by Crippen LogP contribution is -2.16. The molecule has 0 fully saturated rings. The first-order chi connectivity index (χ1) is 12.0. The van der Waals surface area contributed by atoms with Crippen molar-refractivity contribution < 1.29 is 13.2 Å².